The first-order valence-corrected chi connectivity index (χ1v) is 6.99. The van der Waals surface area contributed by atoms with Crippen LogP contribution in [0.2, 0.25) is 0 Å². The molecule has 1 rings (SSSR count). The summed E-state index contributed by atoms with van der Waals surface area (Å²) >= 11 is 0. The summed E-state index contributed by atoms with van der Waals surface area (Å²) in [7, 11) is 1.68. The fourth-order valence-electron chi connectivity index (χ4n) is 2.00. The van der Waals surface area contributed by atoms with Gasteiger partial charge in [0, 0.05) is 12.5 Å². The number of carbonyl (C=O) groups is 1. The summed E-state index contributed by atoms with van der Waals surface area (Å²) in [6.45, 7) is 6.15. The van der Waals surface area contributed by atoms with Gasteiger partial charge in [0.2, 0.25) is 5.91 Å². The molecule has 3 heteroatoms. The lowest BCUT2D eigenvalue weighted by Crippen LogP contribution is -2.31. The summed E-state index contributed by atoms with van der Waals surface area (Å²) in [5.74, 6) is 1.07. The lowest BCUT2D eigenvalue weighted by atomic mass is 10.0. The van der Waals surface area contributed by atoms with Gasteiger partial charge in [0.25, 0.3) is 0 Å². The number of amides is 1. The van der Waals surface area contributed by atoms with Gasteiger partial charge in [0.05, 0.1) is 7.11 Å². The highest BCUT2D eigenvalue weighted by molar-refractivity contribution is 5.76. The number of hydrogen-bond acceptors (Lipinski definition) is 2. The minimum Gasteiger partial charge on any atom is -0.496 e. The van der Waals surface area contributed by atoms with Gasteiger partial charge in [-0.3, -0.25) is 4.79 Å². The molecular weight excluding hydrogens is 238 g/mol. The van der Waals surface area contributed by atoms with Gasteiger partial charge in [0.1, 0.15) is 5.75 Å². The van der Waals surface area contributed by atoms with Crippen LogP contribution in [0.5, 0.6) is 5.75 Å². The minimum atomic E-state index is 0.152. The Hall–Kier alpha value is -1.51. The fraction of sp³-hybridized carbons (Fsp3) is 0.562. The number of nitrogens with one attached hydrogen (secondary N) is 1. The first-order chi connectivity index (χ1) is 9.06. The highest BCUT2D eigenvalue weighted by Crippen LogP contribution is 2.19. The molecule has 0 aliphatic heterocycles. The van der Waals surface area contributed by atoms with Crippen LogP contribution < -0.4 is 10.1 Å². The normalized spacial score (nSPS) is 12.0. The lowest BCUT2D eigenvalue weighted by Gasteiger charge is -2.11. The molecule has 106 valence electrons. The molecule has 1 atom stereocenters. The molecule has 19 heavy (non-hydrogen) atoms. The number of rotatable bonds is 7. The van der Waals surface area contributed by atoms with Crippen molar-refractivity contribution < 1.29 is 9.53 Å². The molecule has 0 aromatic heterocycles. The highest BCUT2D eigenvalue weighted by atomic mass is 16.5. The summed E-state index contributed by atoms with van der Waals surface area (Å²) in [5, 5.41) is 2.99. The smallest absolute Gasteiger partial charge is 0.220 e. The highest BCUT2D eigenvalue weighted by Gasteiger charge is 2.06. The van der Waals surface area contributed by atoms with Gasteiger partial charge >= 0.3 is 0 Å². The minimum absolute atomic E-state index is 0.152. The molecule has 1 aromatic carbocycles. The predicted octanol–water partition coefficient (Wildman–Crippen LogP) is 3.24. The van der Waals surface area contributed by atoms with Gasteiger partial charge in [-0.2, -0.15) is 0 Å². The van der Waals surface area contributed by atoms with Crippen molar-refractivity contribution in [2.75, 3.05) is 7.11 Å². The molecule has 0 spiro atoms. The van der Waals surface area contributed by atoms with Crippen molar-refractivity contribution in [3.05, 3.63) is 29.3 Å². The van der Waals surface area contributed by atoms with E-state index in [2.05, 4.69) is 24.4 Å². The van der Waals surface area contributed by atoms with E-state index in [1.54, 1.807) is 7.11 Å². The second-order valence-electron chi connectivity index (χ2n) is 5.03. The van der Waals surface area contributed by atoms with Crippen LogP contribution in [0.15, 0.2) is 18.2 Å². The van der Waals surface area contributed by atoms with Crippen LogP contribution in [0.3, 0.4) is 0 Å². The van der Waals surface area contributed by atoms with Crippen molar-refractivity contribution >= 4 is 5.91 Å². The molecular formula is C16H25NO2. The van der Waals surface area contributed by atoms with E-state index in [-0.39, 0.29) is 11.9 Å². The van der Waals surface area contributed by atoms with Gasteiger partial charge in [0.15, 0.2) is 0 Å². The third kappa shape index (κ3) is 5.33. The maximum Gasteiger partial charge on any atom is 0.220 e. The fourth-order valence-corrected chi connectivity index (χ4v) is 2.00. The average molecular weight is 263 g/mol. The van der Waals surface area contributed by atoms with Crippen molar-refractivity contribution in [3.8, 4) is 5.75 Å². The third-order valence-corrected chi connectivity index (χ3v) is 3.35. The SMILES string of the molecule is CCC(C)NC(=O)CCCc1ccc(OC)c(C)c1. The number of ether oxygens (including phenoxy) is 1. The Bertz CT molecular complexity index is 415. The molecule has 0 fully saturated rings. The summed E-state index contributed by atoms with van der Waals surface area (Å²) < 4.78 is 5.23. The Morgan fingerprint density at radius 2 is 2.16 bits per heavy atom. The molecule has 1 unspecified atom stereocenters. The van der Waals surface area contributed by atoms with E-state index < -0.39 is 0 Å². The van der Waals surface area contributed by atoms with E-state index in [9.17, 15) is 4.79 Å². The Balaban J connectivity index is 2.37. The standard InChI is InChI=1S/C16H25NO2/c1-5-13(3)17-16(18)8-6-7-14-9-10-15(19-4)12(2)11-14/h9-11,13H,5-8H2,1-4H3,(H,17,18). The van der Waals surface area contributed by atoms with Crippen molar-refractivity contribution in [2.24, 2.45) is 0 Å². The van der Waals surface area contributed by atoms with E-state index in [1.165, 1.54) is 5.56 Å². The number of benzene rings is 1. The molecule has 1 N–H and O–H groups in total. The second kappa shape index (κ2) is 7.82. The molecule has 0 aliphatic carbocycles. The molecule has 0 saturated carbocycles. The number of aryl methyl sites for hydroxylation is 2. The van der Waals surface area contributed by atoms with E-state index in [0.717, 1.165) is 30.6 Å². The van der Waals surface area contributed by atoms with E-state index in [1.807, 2.05) is 19.9 Å². The van der Waals surface area contributed by atoms with Crippen LogP contribution in [0.4, 0.5) is 0 Å². The molecule has 1 amide bonds. The molecule has 0 radical (unpaired) electrons. The van der Waals surface area contributed by atoms with Crippen molar-refractivity contribution in [1.29, 1.82) is 0 Å². The van der Waals surface area contributed by atoms with Gasteiger partial charge < -0.3 is 10.1 Å². The summed E-state index contributed by atoms with van der Waals surface area (Å²) in [6, 6.07) is 6.46. The maximum atomic E-state index is 11.6. The number of carbonyl (C=O) groups excluding carboxylic acids is 1. The Morgan fingerprint density at radius 3 is 2.74 bits per heavy atom. The van der Waals surface area contributed by atoms with Crippen LogP contribution in [-0.2, 0) is 11.2 Å². The zero-order valence-corrected chi connectivity index (χ0v) is 12.5. The van der Waals surface area contributed by atoms with Crippen LogP contribution in [0, 0.1) is 6.92 Å². The van der Waals surface area contributed by atoms with Crippen LogP contribution in [0.25, 0.3) is 0 Å². The first-order valence-electron chi connectivity index (χ1n) is 6.99. The van der Waals surface area contributed by atoms with Crippen LogP contribution in [-0.4, -0.2) is 19.1 Å². The van der Waals surface area contributed by atoms with Gasteiger partial charge in [-0.1, -0.05) is 19.1 Å². The van der Waals surface area contributed by atoms with Crippen LogP contribution >= 0.6 is 0 Å². The Kier molecular flexibility index (Phi) is 6.40. The van der Waals surface area contributed by atoms with Gasteiger partial charge in [-0.25, -0.2) is 0 Å². The van der Waals surface area contributed by atoms with Crippen molar-refractivity contribution in [3.63, 3.8) is 0 Å². The van der Waals surface area contributed by atoms with E-state index in [0.29, 0.717) is 6.42 Å². The van der Waals surface area contributed by atoms with Crippen molar-refractivity contribution in [2.45, 2.75) is 52.5 Å². The zero-order valence-electron chi connectivity index (χ0n) is 12.5. The molecule has 0 heterocycles. The third-order valence-electron chi connectivity index (χ3n) is 3.35. The molecule has 1 aromatic rings. The van der Waals surface area contributed by atoms with Crippen LogP contribution in [0.1, 0.15) is 44.2 Å². The maximum absolute atomic E-state index is 11.6. The number of methoxy groups -OCH3 is 1. The van der Waals surface area contributed by atoms with E-state index >= 15 is 0 Å². The quantitative estimate of drug-likeness (QED) is 0.820. The molecule has 0 bridgehead atoms. The summed E-state index contributed by atoms with van der Waals surface area (Å²) in [4.78, 5) is 11.6. The van der Waals surface area contributed by atoms with E-state index in [4.69, 9.17) is 4.74 Å². The summed E-state index contributed by atoms with van der Waals surface area (Å²) in [6.07, 6.45) is 3.38. The largest absolute Gasteiger partial charge is 0.496 e. The van der Waals surface area contributed by atoms with Gasteiger partial charge in [-0.15, -0.1) is 0 Å². The molecule has 0 aliphatic rings. The van der Waals surface area contributed by atoms with Gasteiger partial charge in [-0.05, 0) is 50.3 Å². The molecule has 0 saturated heterocycles. The lowest BCUT2D eigenvalue weighted by molar-refractivity contribution is -0.121. The second-order valence-corrected chi connectivity index (χ2v) is 5.03. The Morgan fingerprint density at radius 1 is 1.42 bits per heavy atom. The monoisotopic (exact) mass is 263 g/mol. The Labute approximate surface area is 116 Å². The number of hydrogen-bond donors (Lipinski definition) is 1. The zero-order chi connectivity index (χ0) is 14.3. The summed E-state index contributed by atoms with van der Waals surface area (Å²) in [5.41, 5.74) is 2.40. The predicted molar refractivity (Wildman–Crippen MR) is 78.6 cm³/mol. The molecule has 3 nitrogen and oxygen atoms in total. The topological polar surface area (TPSA) is 38.3 Å². The average Bonchev–Trinajstić information content (AvgIpc) is 2.38. The first kappa shape index (κ1) is 15.5. The van der Waals surface area contributed by atoms with Crippen molar-refractivity contribution in [1.82, 2.24) is 5.32 Å².